The van der Waals surface area contributed by atoms with Crippen LogP contribution in [0.4, 0.5) is 8.78 Å². The molecule has 1 aromatic rings. The average Bonchev–Trinajstić information content (AvgIpc) is 2.86. The lowest BCUT2D eigenvalue weighted by Crippen LogP contribution is -2.12. The third-order valence-electron chi connectivity index (χ3n) is 2.49. The molecule has 1 saturated carbocycles. The Morgan fingerprint density at radius 2 is 1.86 bits per heavy atom. The van der Waals surface area contributed by atoms with E-state index in [1.807, 2.05) is 0 Å². The van der Waals surface area contributed by atoms with Crippen LogP contribution < -0.4 is 0 Å². The molecular formula is C10H10F2O2. The summed E-state index contributed by atoms with van der Waals surface area (Å²) >= 11 is 0. The van der Waals surface area contributed by atoms with Gasteiger partial charge in [-0.25, -0.2) is 4.39 Å². The molecule has 0 spiro atoms. The van der Waals surface area contributed by atoms with E-state index in [4.69, 9.17) is 5.11 Å². The quantitative estimate of drug-likeness (QED) is 0.763. The lowest BCUT2D eigenvalue weighted by Gasteiger charge is -2.09. The molecule has 0 amide bonds. The molecule has 76 valence electrons. The molecule has 1 aromatic carbocycles. The zero-order valence-corrected chi connectivity index (χ0v) is 7.43. The molecule has 0 radical (unpaired) electrons. The number of aromatic hydroxyl groups is 1. The molecule has 1 aliphatic rings. The molecule has 1 aliphatic carbocycles. The Kier molecular flexibility index (Phi) is 1.96. The van der Waals surface area contributed by atoms with Gasteiger partial charge < -0.3 is 10.2 Å². The minimum absolute atomic E-state index is 0.107. The van der Waals surface area contributed by atoms with Gasteiger partial charge in [0.1, 0.15) is 0 Å². The molecule has 0 heterocycles. The van der Waals surface area contributed by atoms with E-state index in [-0.39, 0.29) is 12.0 Å². The number of benzene rings is 1. The van der Waals surface area contributed by atoms with Crippen LogP contribution in [-0.2, 0) is 6.42 Å². The van der Waals surface area contributed by atoms with E-state index in [0.29, 0.717) is 12.8 Å². The Hall–Kier alpha value is -1.16. The van der Waals surface area contributed by atoms with E-state index in [1.54, 1.807) is 0 Å². The molecule has 2 rings (SSSR count). The highest BCUT2D eigenvalue weighted by Crippen LogP contribution is 2.39. The smallest absolute Gasteiger partial charge is 0.200 e. The van der Waals surface area contributed by atoms with Gasteiger partial charge in [-0.1, -0.05) is 6.07 Å². The van der Waals surface area contributed by atoms with Crippen molar-refractivity contribution in [3.05, 3.63) is 29.3 Å². The summed E-state index contributed by atoms with van der Waals surface area (Å²) in [5.74, 6) is -3.01. The van der Waals surface area contributed by atoms with Crippen LogP contribution in [0.25, 0.3) is 0 Å². The number of rotatable bonds is 2. The maximum atomic E-state index is 13.2. The zero-order valence-electron chi connectivity index (χ0n) is 7.43. The first kappa shape index (κ1) is 9.40. The summed E-state index contributed by atoms with van der Waals surface area (Å²) in [4.78, 5) is 0. The first-order valence-electron chi connectivity index (χ1n) is 4.40. The van der Waals surface area contributed by atoms with Crippen molar-refractivity contribution in [2.24, 2.45) is 0 Å². The topological polar surface area (TPSA) is 40.5 Å². The van der Waals surface area contributed by atoms with Crippen LogP contribution in [0, 0.1) is 11.6 Å². The number of hydrogen-bond acceptors (Lipinski definition) is 2. The molecule has 4 heteroatoms. The summed E-state index contributed by atoms with van der Waals surface area (Å²) in [6, 6.07) is 2.39. The highest BCUT2D eigenvalue weighted by Gasteiger charge is 2.41. The SMILES string of the molecule is Oc1ccc(CC2(O)CC2)c(F)c1F. The Morgan fingerprint density at radius 3 is 2.43 bits per heavy atom. The monoisotopic (exact) mass is 200 g/mol. The number of halogens is 2. The van der Waals surface area contributed by atoms with E-state index in [2.05, 4.69) is 0 Å². The molecule has 2 N–H and O–H groups in total. The van der Waals surface area contributed by atoms with E-state index in [9.17, 15) is 13.9 Å². The van der Waals surface area contributed by atoms with Crippen molar-refractivity contribution >= 4 is 0 Å². The second-order valence-electron chi connectivity index (χ2n) is 3.77. The van der Waals surface area contributed by atoms with Gasteiger partial charge in [-0.05, 0) is 24.5 Å². The second kappa shape index (κ2) is 2.92. The molecule has 14 heavy (non-hydrogen) atoms. The van der Waals surface area contributed by atoms with E-state index in [1.165, 1.54) is 6.07 Å². The molecule has 1 fully saturated rings. The Bertz CT molecular complexity index is 373. The normalized spacial score (nSPS) is 18.2. The van der Waals surface area contributed by atoms with Crippen LogP contribution in [0.3, 0.4) is 0 Å². The van der Waals surface area contributed by atoms with Gasteiger partial charge in [0.15, 0.2) is 11.6 Å². The number of aliphatic hydroxyl groups is 1. The second-order valence-corrected chi connectivity index (χ2v) is 3.77. The lowest BCUT2D eigenvalue weighted by atomic mass is 10.1. The maximum absolute atomic E-state index is 13.2. The first-order valence-corrected chi connectivity index (χ1v) is 4.40. The van der Waals surface area contributed by atoms with Gasteiger partial charge in [0.25, 0.3) is 0 Å². The predicted molar refractivity (Wildman–Crippen MR) is 45.9 cm³/mol. The third kappa shape index (κ3) is 1.57. The largest absolute Gasteiger partial charge is 0.505 e. The van der Waals surface area contributed by atoms with Crippen LogP contribution in [0.2, 0.25) is 0 Å². The van der Waals surface area contributed by atoms with Crippen LogP contribution in [-0.4, -0.2) is 15.8 Å². The number of phenolic OH excluding ortho intramolecular Hbond substituents is 1. The average molecular weight is 200 g/mol. The highest BCUT2D eigenvalue weighted by molar-refractivity contribution is 5.31. The van der Waals surface area contributed by atoms with Crippen molar-refractivity contribution in [1.82, 2.24) is 0 Å². The lowest BCUT2D eigenvalue weighted by molar-refractivity contribution is 0.149. The summed E-state index contributed by atoms with van der Waals surface area (Å²) in [7, 11) is 0. The van der Waals surface area contributed by atoms with Crippen molar-refractivity contribution in [3.8, 4) is 5.75 Å². The van der Waals surface area contributed by atoms with Crippen molar-refractivity contribution in [2.45, 2.75) is 24.9 Å². The highest BCUT2D eigenvalue weighted by atomic mass is 19.2. The Balaban J connectivity index is 2.30. The molecule has 0 atom stereocenters. The Labute approximate surface area is 79.8 Å². The molecular weight excluding hydrogens is 190 g/mol. The third-order valence-corrected chi connectivity index (χ3v) is 2.49. The number of phenols is 1. The maximum Gasteiger partial charge on any atom is 0.200 e. The number of hydrogen-bond donors (Lipinski definition) is 2. The first-order chi connectivity index (χ1) is 6.52. The minimum Gasteiger partial charge on any atom is -0.505 e. The van der Waals surface area contributed by atoms with Crippen molar-refractivity contribution in [3.63, 3.8) is 0 Å². The van der Waals surface area contributed by atoms with Crippen molar-refractivity contribution in [2.75, 3.05) is 0 Å². The summed E-state index contributed by atoms with van der Waals surface area (Å²) in [6.45, 7) is 0. The molecule has 0 saturated heterocycles. The van der Waals surface area contributed by atoms with Gasteiger partial charge in [0, 0.05) is 6.42 Å². The predicted octanol–water partition coefficient (Wildman–Crippen LogP) is 1.74. The van der Waals surface area contributed by atoms with Crippen LogP contribution in [0.1, 0.15) is 18.4 Å². The summed E-state index contributed by atoms with van der Waals surface area (Å²) in [5, 5.41) is 18.4. The standard InChI is InChI=1S/C10H10F2O2/c11-8-6(5-10(14)3-4-10)1-2-7(13)9(8)12/h1-2,13-14H,3-5H2. The van der Waals surface area contributed by atoms with E-state index < -0.39 is 23.0 Å². The summed E-state index contributed by atoms with van der Waals surface area (Å²) < 4.78 is 26.1. The Morgan fingerprint density at radius 1 is 1.21 bits per heavy atom. The van der Waals surface area contributed by atoms with Crippen LogP contribution >= 0.6 is 0 Å². The van der Waals surface area contributed by atoms with Gasteiger partial charge in [-0.15, -0.1) is 0 Å². The zero-order chi connectivity index (χ0) is 10.3. The van der Waals surface area contributed by atoms with Crippen molar-refractivity contribution < 1.29 is 19.0 Å². The molecule has 2 nitrogen and oxygen atoms in total. The van der Waals surface area contributed by atoms with Gasteiger partial charge in [-0.2, -0.15) is 4.39 Å². The molecule has 0 bridgehead atoms. The van der Waals surface area contributed by atoms with Gasteiger partial charge in [0.05, 0.1) is 5.60 Å². The van der Waals surface area contributed by atoms with E-state index in [0.717, 1.165) is 6.07 Å². The fraction of sp³-hybridized carbons (Fsp3) is 0.400. The molecule has 0 unspecified atom stereocenters. The van der Waals surface area contributed by atoms with Crippen molar-refractivity contribution in [1.29, 1.82) is 0 Å². The minimum atomic E-state index is -1.24. The summed E-state index contributed by atoms with van der Waals surface area (Å²) in [5.41, 5.74) is -0.746. The van der Waals surface area contributed by atoms with E-state index >= 15 is 0 Å². The fourth-order valence-corrected chi connectivity index (χ4v) is 1.39. The van der Waals surface area contributed by atoms with Gasteiger partial charge in [0.2, 0.25) is 5.82 Å². The van der Waals surface area contributed by atoms with Crippen LogP contribution in [0.5, 0.6) is 5.75 Å². The van der Waals surface area contributed by atoms with Gasteiger partial charge in [-0.3, -0.25) is 0 Å². The molecule has 0 aliphatic heterocycles. The molecule has 0 aromatic heterocycles. The fourth-order valence-electron chi connectivity index (χ4n) is 1.39. The van der Waals surface area contributed by atoms with Crippen LogP contribution in [0.15, 0.2) is 12.1 Å². The van der Waals surface area contributed by atoms with Gasteiger partial charge >= 0.3 is 0 Å². The summed E-state index contributed by atoms with van der Waals surface area (Å²) in [6.07, 6.45) is 1.35.